The van der Waals surface area contributed by atoms with Crippen LogP contribution in [0.3, 0.4) is 0 Å². The molecule has 0 unspecified atom stereocenters. The Morgan fingerprint density at radius 3 is 0.863 bits per heavy atom. The van der Waals surface area contributed by atoms with Crippen molar-refractivity contribution >= 4 is 17.9 Å². The summed E-state index contributed by atoms with van der Waals surface area (Å²) >= 11 is 0. The lowest BCUT2D eigenvalue weighted by atomic mass is 10.0. The zero-order chi connectivity index (χ0) is 52.9. The van der Waals surface area contributed by atoms with Crippen molar-refractivity contribution in [3.63, 3.8) is 0 Å². The molecule has 422 valence electrons. The lowest BCUT2D eigenvalue weighted by Crippen LogP contribution is -2.30. The monoisotopic (exact) mass is 1020 g/mol. The second kappa shape index (κ2) is 61.4. The second-order valence-corrected chi connectivity index (χ2v) is 21.0. The van der Waals surface area contributed by atoms with Crippen LogP contribution in [0.25, 0.3) is 0 Å². The maximum absolute atomic E-state index is 12.9. The molecular weight excluding hydrogens is 901 g/mol. The maximum atomic E-state index is 12.9. The van der Waals surface area contributed by atoms with E-state index in [1.54, 1.807) is 0 Å². The Morgan fingerprint density at radius 2 is 0.521 bits per heavy atom. The van der Waals surface area contributed by atoms with Gasteiger partial charge in [0.15, 0.2) is 6.10 Å². The number of hydrogen-bond acceptors (Lipinski definition) is 6. The molecule has 0 aliphatic rings. The lowest BCUT2D eigenvalue weighted by Gasteiger charge is -2.18. The van der Waals surface area contributed by atoms with E-state index in [2.05, 4.69) is 87.6 Å². The summed E-state index contributed by atoms with van der Waals surface area (Å²) in [5.74, 6) is -0.983. The first kappa shape index (κ1) is 69.8. The molecule has 0 aromatic carbocycles. The van der Waals surface area contributed by atoms with E-state index >= 15 is 0 Å². The normalized spacial score (nSPS) is 12.5. The molecule has 1 atom stereocenters. The minimum Gasteiger partial charge on any atom is -0.462 e. The van der Waals surface area contributed by atoms with Crippen LogP contribution in [-0.4, -0.2) is 37.2 Å². The fraction of sp³-hybridized carbons (Fsp3) is 0.776. The molecular formula is C67H118O6. The van der Waals surface area contributed by atoms with Crippen LogP contribution in [-0.2, 0) is 28.6 Å². The van der Waals surface area contributed by atoms with Crippen molar-refractivity contribution in [3.8, 4) is 0 Å². The molecule has 0 heterocycles. The first-order valence-electron chi connectivity index (χ1n) is 31.4. The summed E-state index contributed by atoms with van der Waals surface area (Å²) in [4.78, 5) is 38.2. The molecule has 6 heteroatoms. The van der Waals surface area contributed by atoms with Crippen LogP contribution in [0.15, 0.2) is 72.9 Å². The number of ether oxygens (including phenoxy) is 3. The van der Waals surface area contributed by atoms with Crippen LogP contribution in [0.1, 0.15) is 316 Å². The summed E-state index contributed by atoms with van der Waals surface area (Å²) in [7, 11) is 0. The van der Waals surface area contributed by atoms with Crippen LogP contribution in [0.5, 0.6) is 0 Å². The van der Waals surface area contributed by atoms with E-state index in [0.717, 1.165) is 70.6 Å². The standard InChI is InChI=1S/C67H118O6/c1-4-7-10-13-16-19-22-25-28-30-32-33-35-36-39-42-45-48-51-54-57-60-66(69)72-63-64(62-71-65(68)59-56-53-50-47-44-41-38-27-24-21-18-15-12-9-6-3)73-67(70)61-58-55-52-49-46-43-40-37-34-31-29-26-23-20-17-14-11-8-5-2/h17,20,26-27,29,34,37-38,43,46,52,55,64H,4-16,18-19,21-25,28,30-33,35-36,39-42,44-45,47-51,53-54,56-63H2,1-3H3/b20-17-,29-26-,37-34-,38-27-,46-43-,55-52-/t64-/m1/s1. The van der Waals surface area contributed by atoms with Crippen LogP contribution in [0, 0.1) is 0 Å². The van der Waals surface area contributed by atoms with Gasteiger partial charge in [0, 0.05) is 19.3 Å². The molecule has 0 aromatic rings. The van der Waals surface area contributed by atoms with E-state index in [9.17, 15) is 14.4 Å². The van der Waals surface area contributed by atoms with Crippen molar-refractivity contribution in [3.05, 3.63) is 72.9 Å². The molecule has 0 saturated carbocycles. The molecule has 0 aliphatic heterocycles. The maximum Gasteiger partial charge on any atom is 0.306 e. The number of rotatable bonds is 57. The third kappa shape index (κ3) is 59.6. The number of carbonyl (C=O) groups is 3. The first-order valence-corrected chi connectivity index (χ1v) is 31.4. The first-order chi connectivity index (χ1) is 36.0. The fourth-order valence-electron chi connectivity index (χ4n) is 8.95. The minimum atomic E-state index is -0.818. The molecule has 6 nitrogen and oxygen atoms in total. The van der Waals surface area contributed by atoms with Crippen molar-refractivity contribution in [2.45, 2.75) is 322 Å². The number of allylic oxidation sites excluding steroid dienone is 12. The summed E-state index contributed by atoms with van der Waals surface area (Å²) < 4.78 is 16.8. The molecule has 0 rings (SSSR count). The molecule has 0 spiro atoms. The van der Waals surface area contributed by atoms with Gasteiger partial charge in [-0.15, -0.1) is 0 Å². The third-order valence-corrected chi connectivity index (χ3v) is 13.7. The molecule has 0 aliphatic carbocycles. The van der Waals surface area contributed by atoms with Crippen molar-refractivity contribution in [1.29, 1.82) is 0 Å². The number of unbranched alkanes of at least 4 members (excludes halogenated alkanes) is 34. The van der Waals surface area contributed by atoms with Crippen molar-refractivity contribution < 1.29 is 28.6 Å². The lowest BCUT2D eigenvalue weighted by molar-refractivity contribution is -0.166. The number of hydrogen-bond donors (Lipinski definition) is 0. The Kier molecular flexibility index (Phi) is 58.7. The van der Waals surface area contributed by atoms with E-state index in [1.165, 1.54) is 199 Å². The van der Waals surface area contributed by atoms with Gasteiger partial charge in [-0.3, -0.25) is 14.4 Å². The van der Waals surface area contributed by atoms with Gasteiger partial charge in [0.2, 0.25) is 0 Å². The highest BCUT2D eigenvalue weighted by atomic mass is 16.6. The zero-order valence-electron chi connectivity index (χ0n) is 48.4. The average Bonchev–Trinajstić information content (AvgIpc) is 3.39. The highest BCUT2D eigenvalue weighted by Crippen LogP contribution is 2.17. The average molecular weight is 1020 g/mol. The van der Waals surface area contributed by atoms with E-state index < -0.39 is 6.10 Å². The Balaban J connectivity index is 4.44. The van der Waals surface area contributed by atoms with E-state index in [4.69, 9.17) is 14.2 Å². The molecule has 0 radical (unpaired) electrons. The fourth-order valence-corrected chi connectivity index (χ4v) is 8.95. The van der Waals surface area contributed by atoms with Gasteiger partial charge in [-0.2, -0.15) is 0 Å². The number of esters is 3. The van der Waals surface area contributed by atoms with Crippen LogP contribution < -0.4 is 0 Å². The van der Waals surface area contributed by atoms with Crippen LogP contribution >= 0.6 is 0 Å². The summed E-state index contributed by atoms with van der Waals surface area (Å²) in [6.45, 7) is 6.58. The van der Waals surface area contributed by atoms with Crippen LogP contribution in [0.2, 0.25) is 0 Å². The Morgan fingerprint density at radius 1 is 0.274 bits per heavy atom. The van der Waals surface area contributed by atoms with Gasteiger partial charge in [-0.1, -0.05) is 286 Å². The van der Waals surface area contributed by atoms with E-state index in [0.29, 0.717) is 19.3 Å². The highest BCUT2D eigenvalue weighted by molar-refractivity contribution is 5.71. The predicted octanol–water partition coefficient (Wildman–Crippen LogP) is 21.3. The SMILES string of the molecule is CCCCC/C=C\C/C=C\C/C=C\C/C=C\C/C=C\CCC(=O)O[C@H](COC(=O)CCCCCCC/C=C\CCCCCCCC)COC(=O)CCCCCCCCCCCCCCCCCCCCCCC. The van der Waals surface area contributed by atoms with E-state index in [1.807, 2.05) is 6.08 Å². The summed E-state index contributed by atoms with van der Waals surface area (Å²) in [6, 6.07) is 0. The molecule has 0 bridgehead atoms. The minimum absolute atomic E-state index is 0.105. The van der Waals surface area contributed by atoms with Gasteiger partial charge in [0.05, 0.1) is 0 Å². The van der Waals surface area contributed by atoms with Gasteiger partial charge in [0.25, 0.3) is 0 Å². The predicted molar refractivity (Wildman–Crippen MR) is 316 cm³/mol. The molecule has 0 fully saturated rings. The summed E-state index contributed by atoms with van der Waals surface area (Å²) in [5, 5.41) is 0. The Labute approximate surface area is 453 Å². The van der Waals surface area contributed by atoms with E-state index in [-0.39, 0.29) is 37.5 Å². The van der Waals surface area contributed by atoms with Gasteiger partial charge in [0.1, 0.15) is 13.2 Å². The zero-order valence-corrected chi connectivity index (χ0v) is 48.4. The molecule has 0 saturated heterocycles. The molecule has 0 aromatic heterocycles. The highest BCUT2D eigenvalue weighted by Gasteiger charge is 2.19. The Bertz CT molecular complexity index is 1360. The summed E-state index contributed by atoms with van der Waals surface area (Å²) in [6.07, 6.45) is 79.2. The molecule has 0 amide bonds. The topological polar surface area (TPSA) is 78.9 Å². The Hall–Kier alpha value is -3.15. The van der Waals surface area contributed by atoms with Gasteiger partial charge < -0.3 is 14.2 Å². The van der Waals surface area contributed by atoms with Gasteiger partial charge in [-0.05, 0) is 83.5 Å². The number of carbonyl (C=O) groups excluding carboxylic acids is 3. The second-order valence-electron chi connectivity index (χ2n) is 21.0. The van der Waals surface area contributed by atoms with Crippen molar-refractivity contribution in [2.75, 3.05) is 13.2 Å². The van der Waals surface area contributed by atoms with Crippen LogP contribution in [0.4, 0.5) is 0 Å². The van der Waals surface area contributed by atoms with Gasteiger partial charge in [-0.25, -0.2) is 0 Å². The molecule has 0 N–H and O–H groups in total. The largest absolute Gasteiger partial charge is 0.462 e. The third-order valence-electron chi connectivity index (χ3n) is 13.7. The molecule has 73 heavy (non-hydrogen) atoms. The van der Waals surface area contributed by atoms with Crippen molar-refractivity contribution in [1.82, 2.24) is 0 Å². The van der Waals surface area contributed by atoms with Gasteiger partial charge >= 0.3 is 17.9 Å². The summed E-state index contributed by atoms with van der Waals surface area (Å²) in [5.41, 5.74) is 0. The smallest absolute Gasteiger partial charge is 0.306 e. The van der Waals surface area contributed by atoms with Crippen molar-refractivity contribution in [2.24, 2.45) is 0 Å². The quantitative estimate of drug-likeness (QED) is 0.0261.